The molecule has 1 aliphatic rings. The highest BCUT2D eigenvalue weighted by atomic mass is 32.1. The fraction of sp³-hybridized carbons (Fsp3) is 0.391. The summed E-state index contributed by atoms with van der Waals surface area (Å²) in [6.45, 7) is 6.71. The number of carbonyl (C=O) groups excluding carboxylic acids is 1. The average molecular weight is 427 g/mol. The van der Waals surface area contributed by atoms with Crippen LogP contribution in [0.3, 0.4) is 0 Å². The van der Waals surface area contributed by atoms with Crippen molar-refractivity contribution >= 4 is 34.6 Å². The number of anilines is 2. The van der Waals surface area contributed by atoms with E-state index in [4.69, 9.17) is 17.0 Å². The Morgan fingerprint density at radius 2 is 1.87 bits per heavy atom. The fourth-order valence-corrected chi connectivity index (χ4v) is 3.50. The smallest absolute Gasteiger partial charge is 0.257 e. The summed E-state index contributed by atoms with van der Waals surface area (Å²) in [5.41, 5.74) is 2.50. The first kappa shape index (κ1) is 22.1. The lowest BCUT2D eigenvalue weighted by atomic mass is 10.2. The van der Waals surface area contributed by atoms with Crippen LogP contribution in [0.2, 0.25) is 0 Å². The standard InChI is InChI=1S/C23H30N4O2S/c1-3-4-16-29-19-9-7-8-18(17-19)22(28)25-23(30)24-20-10-5-6-11-21(20)27-14-12-26(2)13-15-27/h5-11,17H,3-4,12-16H2,1-2H3,(H2,24,25,28,30). The maximum atomic E-state index is 12.6. The first-order valence-corrected chi connectivity index (χ1v) is 10.9. The first-order chi connectivity index (χ1) is 14.6. The van der Waals surface area contributed by atoms with Crippen molar-refractivity contribution in [3.8, 4) is 5.75 Å². The second kappa shape index (κ2) is 10.9. The summed E-state index contributed by atoms with van der Waals surface area (Å²) in [6.07, 6.45) is 2.05. The monoisotopic (exact) mass is 426 g/mol. The number of nitrogens with one attached hydrogen (secondary N) is 2. The van der Waals surface area contributed by atoms with Crippen molar-refractivity contribution in [1.29, 1.82) is 0 Å². The number of amides is 1. The van der Waals surface area contributed by atoms with Crippen LogP contribution in [0.1, 0.15) is 30.1 Å². The molecule has 2 N–H and O–H groups in total. The topological polar surface area (TPSA) is 56.8 Å². The van der Waals surface area contributed by atoms with Gasteiger partial charge >= 0.3 is 0 Å². The molecular weight excluding hydrogens is 396 g/mol. The third-order valence-corrected chi connectivity index (χ3v) is 5.29. The molecule has 0 spiro atoms. The zero-order valence-electron chi connectivity index (χ0n) is 17.7. The normalized spacial score (nSPS) is 14.3. The molecule has 7 heteroatoms. The van der Waals surface area contributed by atoms with Gasteiger partial charge in [0, 0.05) is 31.7 Å². The number of nitrogens with zero attached hydrogens (tertiary/aromatic N) is 2. The number of ether oxygens (including phenoxy) is 1. The lowest BCUT2D eigenvalue weighted by molar-refractivity contribution is 0.0977. The van der Waals surface area contributed by atoms with Crippen molar-refractivity contribution in [3.05, 3.63) is 54.1 Å². The highest BCUT2D eigenvalue weighted by Crippen LogP contribution is 2.26. The number of thiocarbonyl (C=S) groups is 1. The summed E-state index contributed by atoms with van der Waals surface area (Å²) in [6, 6.07) is 15.2. The minimum atomic E-state index is -0.259. The zero-order chi connectivity index (χ0) is 21.3. The van der Waals surface area contributed by atoms with Crippen LogP contribution in [0, 0.1) is 0 Å². The molecule has 2 aromatic rings. The Morgan fingerprint density at radius 1 is 1.10 bits per heavy atom. The molecule has 1 aliphatic heterocycles. The summed E-state index contributed by atoms with van der Waals surface area (Å²) in [5.74, 6) is 0.431. The Labute approximate surface area is 184 Å². The summed E-state index contributed by atoms with van der Waals surface area (Å²) >= 11 is 5.41. The van der Waals surface area contributed by atoms with Crippen LogP contribution in [-0.4, -0.2) is 55.8 Å². The van der Waals surface area contributed by atoms with E-state index in [9.17, 15) is 4.79 Å². The molecular formula is C23H30N4O2S. The number of hydrogen-bond donors (Lipinski definition) is 2. The minimum Gasteiger partial charge on any atom is -0.494 e. The summed E-state index contributed by atoms with van der Waals surface area (Å²) in [5, 5.41) is 6.24. The molecule has 0 saturated carbocycles. The molecule has 0 atom stereocenters. The SMILES string of the molecule is CCCCOc1cccc(C(=O)NC(=S)Nc2ccccc2N2CCN(C)CC2)c1. The Balaban J connectivity index is 1.61. The van der Waals surface area contributed by atoms with Gasteiger partial charge in [-0.1, -0.05) is 31.5 Å². The van der Waals surface area contributed by atoms with E-state index in [0.717, 1.165) is 50.4 Å². The quantitative estimate of drug-likeness (QED) is 0.520. The van der Waals surface area contributed by atoms with Gasteiger partial charge in [0.25, 0.3) is 5.91 Å². The molecule has 1 fully saturated rings. The molecule has 0 aromatic heterocycles. The van der Waals surface area contributed by atoms with Crippen molar-refractivity contribution < 1.29 is 9.53 Å². The van der Waals surface area contributed by atoms with Crippen LogP contribution in [0.5, 0.6) is 5.75 Å². The Bertz CT molecular complexity index is 866. The highest BCUT2D eigenvalue weighted by molar-refractivity contribution is 7.80. The minimum absolute atomic E-state index is 0.259. The van der Waals surface area contributed by atoms with E-state index in [1.165, 1.54) is 0 Å². The largest absolute Gasteiger partial charge is 0.494 e. The van der Waals surface area contributed by atoms with E-state index in [1.54, 1.807) is 12.1 Å². The van der Waals surface area contributed by atoms with E-state index in [-0.39, 0.29) is 11.0 Å². The lowest BCUT2D eigenvalue weighted by Crippen LogP contribution is -2.45. The number of rotatable bonds is 7. The fourth-order valence-electron chi connectivity index (χ4n) is 3.29. The van der Waals surface area contributed by atoms with Crippen LogP contribution >= 0.6 is 12.2 Å². The first-order valence-electron chi connectivity index (χ1n) is 10.4. The van der Waals surface area contributed by atoms with Crippen LogP contribution < -0.4 is 20.3 Å². The zero-order valence-corrected chi connectivity index (χ0v) is 18.5. The number of likely N-dealkylation sites (N-methyl/N-ethyl adjacent to an activating group) is 1. The summed E-state index contributed by atoms with van der Waals surface area (Å²) < 4.78 is 5.69. The van der Waals surface area contributed by atoms with Gasteiger partial charge in [-0.05, 0) is 56.0 Å². The van der Waals surface area contributed by atoms with Crippen LogP contribution in [0.15, 0.2) is 48.5 Å². The van der Waals surface area contributed by atoms with Gasteiger partial charge in [0.1, 0.15) is 5.75 Å². The van der Waals surface area contributed by atoms with Gasteiger partial charge in [-0.25, -0.2) is 0 Å². The number of para-hydroxylation sites is 2. The predicted molar refractivity (Wildman–Crippen MR) is 127 cm³/mol. The second-order valence-electron chi connectivity index (χ2n) is 7.45. The molecule has 1 heterocycles. The van der Waals surface area contributed by atoms with Gasteiger partial charge in [0.15, 0.2) is 5.11 Å². The van der Waals surface area contributed by atoms with E-state index in [2.05, 4.69) is 40.5 Å². The molecule has 3 rings (SSSR count). The Hall–Kier alpha value is -2.64. The Morgan fingerprint density at radius 3 is 2.63 bits per heavy atom. The van der Waals surface area contributed by atoms with Gasteiger partial charge in [0.2, 0.25) is 0 Å². The second-order valence-corrected chi connectivity index (χ2v) is 7.85. The van der Waals surface area contributed by atoms with E-state index >= 15 is 0 Å². The molecule has 1 amide bonds. The van der Waals surface area contributed by atoms with Crippen molar-refractivity contribution in [2.75, 3.05) is 50.1 Å². The van der Waals surface area contributed by atoms with Crippen LogP contribution in [-0.2, 0) is 0 Å². The van der Waals surface area contributed by atoms with Crippen LogP contribution in [0.25, 0.3) is 0 Å². The van der Waals surface area contributed by atoms with Crippen molar-refractivity contribution in [3.63, 3.8) is 0 Å². The highest BCUT2D eigenvalue weighted by Gasteiger charge is 2.17. The molecule has 0 unspecified atom stereocenters. The summed E-state index contributed by atoms with van der Waals surface area (Å²) in [4.78, 5) is 17.3. The average Bonchev–Trinajstić information content (AvgIpc) is 2.75. The van der Waals surface area contributed by atoms with Crippen molar-refractivity contribution in [2.45, 2.75) is 19.8 Å². The van der Waals surface area contributed by atoms with Gasteiger partial charge in [-0.2, -0.15) is 0 Å². The van der Waals surface area contributed by atoms with E-state index < -0.39 is 0 Å². The number of piperazine rings is 1. The van der Waals surface area contributed by atoms with Gasteiger partial charge < -0.3 is 19.9 Å². The third-order valence-electron chi connectivity index (χ3n) is 5.09. The Kier molecular flexibility index (Phi) is 8.04. The van der Waals surface area contributed by atoms with Crippen molar-refractivity contribution in [2.24, 2.45) is 0 Å². The molecule has 6 nitrogen and oxygen atoms in total. The molecule has 0 bridgehead atoms. The maximum absolute atomic E-state index is 12.6. The molecule has 160 valence electrons. The van der Waals surface area contributed by atoms with E-state index in [1.807, 2.05) is 30.3 Å². The van der Waals surface area contributed by atoms with Crippen molar-refractivity contribution in [1.82, 2.24) is 10.2 Å². The summed E-state index contributed by atoms with van der Waals surface area (Å²) in [7, 11) is 2.13. The number of carbonyl (C=O) groups is 1. The van der Waals surface area contributed by atoms with Gasteiger partial charge in [-0.3, -0.25) is 10.1 Å². The number of hydrogen-bond acceptors (Lipinski definition) is 5. The van der Waals surface area contributed by atoms with Gasteiger partial charge in [-0.15, -0.1) is 0 Å². The van der Waals surface area contributed by atoms with Gasteiger partial charge in [0.05, 0.1) is 18.0 Å². The third kappa shape index (κ3) is 6.18. The number of benzene rings is 2. The molecule has 2 aromatic carbocycles. The molecule has 0 aliphatic carbocycles. The predicted octanol–water partition coefficient (Wildman–Crippen LogP) is 3.74. The molecule has 0 radical (unpaired) electrons. The molecule has 30 heavy (non-hydrogen) atoms. The number of unbranched alkanes of at least 4 members (excludes halogenated alkanes) is 1. The maximum Gasteiger partial charge on any atom is 0.257 e. The van der Waals surface area contributed by atoms with Crippen LogP contribution in [0.4, 0.5) is 11.4 Å². The van der Waals surface area contributed by atoms with E-state index in [0.29, 0.717) is 17.9 Å². The molecule has 1 saturated heterocycles. The lowest BCUT2D eigenvalue weighted by Gasteiger charge is -2.35.